The molecule has 0 amide bonds. The van der Waals surface area contributed by atoms with Gasteiger partial charge in [-0.15, -0.1) is 0 Å². The van der Waals surface area contributed by atoms with E-state index >= 15 is 0 Å². The smallest absolute Gasteiger partial charge is 0.0884 e. The lowest BCUT2D eigenvalue weighted by Gasteiger charge is -2.36. The van der Waals surface area contributed by atoms with Crippen LogP contribution >= 0.6 is 0 Å². The highest BCUT2D eigenvalue weighted by Crippen LogP contribution is 2.23. The van der Waals surface area contributed by atoms with E-state index in [1.807, 2.05) is 0 Å². The van der Waals surface area contributed by atoms with Crippen LogP contribution in [0.15, 0.2) is 0 Å². The largest absolute Gasteiger partial charge is 0.870 e. The summed E-state index contributed by atoms with van der Waals surface area (Å²) < 4.78 is 1.17. The molecule has 0 aromatic carbocycles. The Balaban J connectivity index is 0. The average molecular weight is 191 g/mol. The van der Waals surface area contributed by atoms with E-state index in [0.29, 0.717) is 0 Å². The van der Waals surface area contributed by atoms with Crippen molar-refractivity contribution >= 4 is 0 Å². The summed E-state index contributed by atoms with van der Waals surface area (Å²) in [5.41, 5.74) is 0. The van der Waals surface area contributed by atoms with E-state index in [1.54, 1.807) is 0 Å². The number of rotatable bonds is 1. The quantitative estimate of drug-likeness (QED) is 0.638. The molecule has 0 bridgehead atoms. The maximum absolute atomic E-state index is 7.00. The first-order valence-corrected chi connectivity index (χ1v) is 4.86. The first kappa shape index (κ1) is 15.4. The molecule has 13 heavy (non-hydrogen) atoms. The zero-order valence-electron chi connectivity index (χ0n) is 9.45. The minimum atomic E-state index is 0. The van der Waals surface area contributed by atoms with Crippen LogP contribution in [0.4, 0.5) is 0 Å². The van der Waals surface area contributed by atoms with E-state index < -0.39 is 0 Å². The zero-order chi connectivity index (χ0) is 9.61. The van der Waals surface area contributed by atoms with Crippen LogP contribution in [-0.4, -0.2) is 49.4 Å². The maximum Gasteiger partial charge on any atom is 0.0884 e. The molecule has 0 aromatic rings. The van der Waals surface area contributed by atoms with Crippen molar-refractivity contribution in [1.82, 2.24) is 0 Å². The predicted molar refractivity (Wildman–Crippen MR) is 55.0 cm³/mol. The second-order valence-electron chi connectivity index (χ2n) is 4.41. The van der Waals surface area contributed by atoms with Gasteiger partial charge in [0.1, 0.15) is 0 Å². The Hall–Kier alpha value is -0.120. The van der Waals surface area contributed by atoms with E-state index in [1.165, 1.54) is 36.6 Å². The van der Waals surface area contributed by atoms with Gasteiger partial charge in [-0.2, -0.15) is 0 Å². The van der Waals surface area contributed by atoms with Gasteiger partial charge in [0.2, 0.25) is 0 Å². The first-order valence-electron chi connectivity index (χ1n) is 4.86. The van der Waals surface area contributed by atoms with Gasteiger partial charge >= 0.3 is 0 Å². The van der Waals surface area contributed by atoms with Crippen molar-refractivity contribution < 1.29 is 15.1 Å². The van der Waals surface area contributed by atoms with Crippen LogP contribution in [0.25, 0.3) is 0 Å². The molecular weight excluding hydrogens is 166 g/mol. The number of quaternary nitrogens is 1. The van der Waals surface area contributed by atoms with Gasteiger partial charge in [-0.05, 0) is 25.7 Å². The molecule has 0 atom stereocenters. The third-order valence-electron chi connectivity index (χ3n) is 2.67. The second kappa shape index (κ2) is 7.30. The summed E-state index contributed by atoms with van der Waals surface area (Å²) in [7, 11) is 7.95. The normalized spacial score (nSPS) is 18.2. The van der Waals surface area contributed by atoms with Crippen LogP contribution in [-0.2, 0) is 0 Å². The van der Waals surface area contributed by atoms with E-state index in [9.17, 15) is 0 Å². The number of hydrogen-bond acceptors (Lipinski definition) is 2. The Labute approximate surface area is 82.3 Å². The summed E-state index contributed by atoms with van der Waals surface area (Å²) in [5.74, 6) is 0. The summed E-state index contributed by atoms with van der Waals surface area (Å²) in [6, 6.07) is 0.939. The van der Waals surface area contributed by atoms with Crippen LogP contribution in [0.1, 0.15) is 32.1 Å². The Morgan fingerprint density at radius 3 is 1.54 bits per heavy atom. The summed E-state index contributed by atoms with van der Waals surface area (Å²) in [4.78, 5) is 0. The minimum absolute atomic E-state index is 0. The summed E-state index contributed by atoms with van der Waals surface area (Å²) in [5, 5.41) is 7.00. The predicted octanol–water partition coefficient (Wildman–Crippen LogP) is 1.46. The number of aliphatic hydroxyl groups excluding tert-OH is 1. The van der Waals surface area contributed by atoms with E-state index in [-0.39, 0.29) is 5.48 Å². The SMILES string of the molecule is CO.C[N+](C)(C)C1CCCCC1.[OH-]. The lowest BCUT2D eigenvalue weighted by molar-refractivity contribution is -0.897. The minimum Gasteiger partial charge on any atom is -0.870 e. The maximum atomic E-state index is 7.00. The zero-order valence-corrected chi connectivity index (χ0v) is 9.45. The fourth-order valence-corrected chi connectivity index (χ4v) is 1.86. The molecule has 3 heteroatoms. The highest BCUT2D eigenvalue weighted by molar-refractivity contribution is 4.64. The van der Waals surface area contributed by atoms with Crippen molar-refractivity contribution in [3.63, 3.8) is 0 Å². The Morgan fingerprint density at radius 1 is 0.923 bits per heavy atom. The van der Waals surface area contributed by atoms with Crippen LogP contribution in [0, 0.1) is 0 Å². The lowest BCUT2D eigenvalue weighted by atomic mass is 9.94. The van der Waals surface area contributed by atoms with Gasteiger partial charge in [0.25, 0.3) is 0 Å². The first-order chi connectivity index (χ1) is 5.61. The van der Waals surface area contributed by atoms with Crippen molar-refractivity contribution in [1.29, 1.82) is 0 Å². The molecular formula is C10H25NO2. The topological polar surface area (TPSA) is 50.2 Å². The standard InChI is InChI=1S/C9H20N.CH4O.H2O/c1-10(2,3)9-7-5-4-6-8-9;1-2;/h9H,4-8H2,1-3H3;2H,1H3;1H2/q+1;;/p-1. The van der Waals surface area contributed by atoms with Gasteiger partial charge in [0, 0.05) is 7.11 Å². The van der Waals surface area contributed by atoms with Gasteiger partial charge in [-0.1, -0.05) is 6.42 Å². The third kappa shape index (κ3) is 6.02. The molecule has 0 aliphatic heterocycles. The van der Waals surface area contributed by atoms with E-state index in [0.717, 1.165) is 13.2 Å². The van der Waals surface area contributed by atoms with Crippen LogP contribution in [0.3, 0.4) is 0 Å². The summed E-state index contributed by atoms with van der Waals surface area (Å²) >= 11 is 0. The monoisotopic (exact) mass is 191 g/mol. The van der Waals surface area contributed by atoms with E-state index in [2.05, 4.69) is 21.1 Å². The third-order valence-corrected chi connectivity index (χ3v) is 2.67. The van der Waals surface area contributed by atoms with Gasteiger partial charge in [-0.3, -0.25) is 0 Å². The van der Waals surface area contributed by atoms with Crippen LogP contribution in [0.2, 0.25) is 0 Å². The van der Waals surface area contributed by atoms with Crippen molar-refractivity contribution in [3.05, 3.63) is 0 Å². The Bertz CT molecular complexity index is 104. The van der Waals surface area contributed by atoms with Crippen molar-refractivity contribution in [2.75, 3.05) is 28.3 Å². The highest BCUT2D eigenvalue weighted by atomic mass is 16.2. The van der Waals surface area contributed by atoms with Crippen molar-refractivity contribution in [2.45, 2.75) is 38.1 Å². The molecule has 3 nitrogen and oxygen atoms in total. The lowest BCUT2D eigenvalue weighted by Crippen LogP contribution is -2.45. The Morgan fingerprint density at radius 2 is 1.31 bits per heavy atom. The Kier molecular flexibility index (Phi) is 8.62. The fourth-order valence-electron chi connectivity index (χ4n) is 1.86. The number of hydrogen-bond donors (Lipinski definition) is 1. The molecule has 0 aromatic heterocycles. The van der Waals surface area contributed by atoms with Gasteiger partial charge in [0.05, 0.1) is 27.2 Å². The molecule has 0 radical (unpaired) electrons. The molecule has 1 rings (SSSR count). The summed E-state index contributed by atoms with van der Waals surface area (Å²) in [6.07, 6.45) is 7.28. The van der Waals surface area contributed by atoms with Gasteiger partial charge < -0.3 is 15.1 Å². The van der Waals surface area contributed by atoms with Crippen molar-refractivity contribution in [3.8, 4) is 0 Å². The molecule has 82 valence electrons. The second-order valence-corrected chi connectivity index (χ2v) is 4.41. The molecule has 1 saturated carbocycles. The molecule has 0 spiro atoms. The molecule has 2 N–H and O–H groups in total. The molecule has 0 heterocycles. The van der Waals surface area contributed by atoms with Crippen LogP contribution in [0.5, 0.6) is 0 Å². The van der Waals surface area contributed by atoms with Crippen LogP contribution < -0.4 is 0 Å². The van der Waals surface area contributed by atoms with E-state index in [4.69, 9.17) is 5.11 Å². The molecule has 0 unspecified atom stereocenters. The highest BCUT2D eigenvalue weighted by Gasteiger charge is 2.24. The molecule has 0 saturated heterocycles. The van der Waals surface area contributed by atoms with Gasteiger partial charge in [-0.25, -0.2) is 0 Å². The summed E-state index contributed by atoms with van der Waals surface area (Å²) in [6.45, 7) is 0. The average Bonchev–Trinajstić information content (AvgIpc) is 2.08. The number of nitrogens with zero attached hydrogens (tertiary/aromatic N) is 1. The molecule has 1 fully saturated rings. The molecule has 1 aliphatic rings. The molecule has 1 aliphatic carbocycles. The number of aliphatic hydroxyl groups is 1. The fraction of sp³-hybridized carbons (Fsp3) is 1.00. The van der Waals surface area contributed by atoms with Crippen molar-refractivity contribution in [2.24, 2.45) is 0 Å². The van der Waals surface area contributed by atoms with Gasteiger partial charge in [0.15, 0.2) is 0 Å².